The van der Waals surface area contributed by atoms with Crippen LogP contribution in [-0.2, 0) is 9.59 Å². The van der Waals surface area contributed by atoms with Crippen molar-refractivity contribution in [2.45, 2.75) is 57.4 Å². The van der Waals surface area contributed by atoms with Crippen LogP contribution in [0.4, 0.5) is 0 Å². The summed E-state index contributed by atoms with van der Waals surface area (Å²) in [5, 5.41) is 0. The topological polar surface area (TPSA) is 66.6 Å². The van der Waals surface area contributed by atoms with Crippen LogP contribution in [0.5, 0.6) is 0 Å². The van der Waals surface area contributed by atoms with Crippen LogP contribution in [0.25, 0.3) is 0 Å². The van der Waals surface area contributed by atoms with Gasteiger partial charge in [0.2, 0.25) is 11.8 Å². The molecule has 21 heavy (non-hydrogen) atoms. The van der Waals surface area contributed by atoms with Crippen LogP contribution < -0.4 is 5.73 Å². The summed E-state index contributed by atoms with van der Waals surface area (Å²) in [5.41, 5.74) is 5.96. The molecular weight excluding hydrogens is 266 g/mol. The first-order valence-corrected chi connectivity index (χ1v) is 8.41. The largest absolute Gasteiger partial charge is 0.336 e. The van der Waals surface area contributed by atoms with E-state index in [1.165, 1.54) is 19.3 Å². The minimum absolute atomic E-state index is 0.00793. The number of nitrogens with zero attached hydrogens (tertiary/aromatic N) is 2. The van der Waals surface area contributed by atoms with Gasteiger partial charge in [-0.15, -0.1) is 0 Å². The van der Waals surface area contributed by atoms with Gasteiger partial charge in [-0.2, -0.15) is 0 Å². The third kappa shape index (κ3) is 3.23. The summed E-state index contributed by atoms with van der Waals surface area (Å²) in [7, 11) is 0. The Labute approximate surface area is 126 Å². The van der Waals surface area contributed by atoms with Crippen LogP contribution in [0.3, 0.4) is 0 Å². The molecule has 2 amide bonds. The summed E-state index contributed by atoms with van der Waals surface area (Å²) in [4.78, 5) is 28.4. The minimum Gasteiger partial charge on any atom is -0.336 e. The summed E-state index contributed by atoms with van der Waals surface area (Å²) in [5.74, 6) is 0.258. The van der Waals surface area contributed by atoms with Crippen molar-refractivity contribution in [1.29, 1.82) is 0 Å². The number of carbonyl (C=O) groups excluding carboxylic acids is 2. The van der Waals surface area contributed by atoms with Gasteiger partial charge >= 0.3 is 0 Å². The molecule has 0 aromatic heterocycles. The van der Waals surface area contributed by atoms with E-state index < -0.39 is 0 Å². The van der Waals surface area contributed by atoms with Crippen molar-refractivity contribution in [3.63, 3.8) is 0 Å². The lowest BCUT2D eigenvalue weighted by atomic mass is 9.71. The Morgan fingerprint density at radius 1 is 1.19 bits per heavy atom. The Morgan fingerprint density at radius 3 is 2.48 bits per heavy atom. The lowest BCUT2D eigenvalue weighted by molar-refractivity contribution is -0.147. The van der Waals surface area contributed by atoms with Crippen molar-refractivity contribution in [3.8, 4) is 0 Å². The third-order valence-corrected chi connectivity index (χ3v) is 5.47. The predicted octanol–water partition coefficient (Wildman–Crippen LogP) is 1.12. The van der Waals surface area contributed by atoms with Gasteiger partial charge in [0, 0.05) is 25.6 Å². The van der Waals surface area contributed by atoms with Crippen molar-refractivity contribution in [2.75, 3.05) is 26.2 Å². The second-order valence-corrected chi connectivity index (χ2v) is 7.08. The van der Waals surface area contributed by atoms with Crippen LogP contribution in [0, 0.1) is 5.41 Å². The molecular formula is C16H27N3O2. The molecule has 0 unspecified atom stereocenters. The van der Waals surface area contributed by atoms with E-state index in [2.05, 4.69) is 0 Å². The Hall–Kier alpha value is -1.10. The molecule has 0 spiro atoms. The smallest absolute Gasteiger partial charge is 0.242 e. The van der Waals surface area contributed by atoms with E-state index >= 15 is 0 Å². The molecule has 0 aromatic carbocycles. The molecule has 0 aromatic rings. The predicted molar refractivity (Wildman–Crippen MR) is 80.5 cm³/mol. The van der Waals surface area contributed by atoms with Crippen molar-refractivity contribution >= 4 is 11.8 Å². The van der Waals surface area contributed by atoms with E-state index in [1.807, 2.05) is 4.90 Å². The fourth-order valence-electron chi connectivity index (χ4n) is 3.86. The van der Waals surface area contributed by atoms with Gasteiger partial charge in [-0.3, -0.25) is 9.59 Å². The fourth-order valence-corrected chi connectivity index (χ4v) is 3.86. The Bertz CT molecular complexity index is 414. The van der Waals surface area contributed by atoms with Gasteiger partial charge < -0.3 is 15.5 Å². The zero-order valence-corrected chi connectivity index (χ0v) is 12.9. The molecule has 2 aliphatic carbocycles. The molecule has 3 aliphatic rings. The van der Waals surface area contributed by atoms with Crippen molar-refractivity contribution in [1.82, 2.24) is 9.80 Å². The maximum atomic E-state index is 12.6. The molecule has 0 radical (unpaired) electrons. The van der Waals surface area contributed by atoms with E-state index in [-0.39, 0.29) is 23.8 Å². The number of hydrogen-bond donors (Lipinski definition) is 1. The highest BCUT2D eigenvalue weighted by Gasteiger charge is 2.39. The Kier molecular flexibility index (Phi) is 4.20. The van der Waals surface area contributed by atoms with E-state index in [9.17, 15) is 9.59 Å². The van der Waals surface area contributed by atoms with Gasteiger partial charge in [0.15, 0.2) is 0 Å². The average Bonchev–Trinajstić information content (AvgIpc) is 3.32. The Balaban J connectivity index is 1.56. The van der Waals surface area contributed by atoms with Gasteiger partial charge in [-0.1, -0.05) is 19.3 Å². The normalized spacial score (nSPS) is 26.0. The lowest BCUT2D eigenvalue weighted by Gasteiger charge is -2.39. The van der Waals surface area contributed by atoms with Crippen molar-refractivity contribution in [2.24, 2.45) is 11.1 Å². The van der Waals surface area contributed by atoms with Crippen LogP contribution in [0.2, 0.25) is 0 Å². The molecule has 1 aliphatic heterocycles. The lowest BCUT2D eigenvalue weighted by Crippen LogP contribution is -2.54. The zero-order valence-electron chi connectivity index (χ0n) is 12.9. The second kappa shape index (κ2) is 5.95. The van der Waals surface area contributed by atoms with E-state index in [4.69, 9.17) is 5.73 Å². The van der Waals surface area contributed by atoms with Crippen LogP contribution >= 0.6 is 0 Å². The molecule has 3 rings (SSSR count). The molecule has 1 heterocycles. The summed E-state index contributed by atoms with van der Waals surface area (Å²) >= 11 is 0. The average molecular weight is 293 g/mol. The first-order chi connectivity index (χ1) is 10.1. The summed E-state index contributed by atoms with van der Waals surface area (Å²) < 4.78 is 0. The highest BCUT2D eigenvalue weighted by molar-refractivity contribution is 5.86. The summed E-state index contributed by atoms with van der Waals surface area (Å²) in [6.45, 7) is 2.28. The number of rotatable bonds is 4. The SMILES string of the molecule is NCC1(CC(=O)N2CCN(C3CC3)C(=O)C2)CCCCC1. The van der Waals surface area contributed by atoms with Gasteiger partial charge in [-0.25, -0.2) is 0 Å². The number of nitrogens with two attached hydrogens (primary N) is 1. The summed E-state index contributed by atoms with van der Waals surface area (Å²) in [6.07, 6.45) is 8.54. The molecule has 1 saturated heterocycles. The van der Waals surface area contributed by atoms with Gasteiger partial charge in [0.1, 0.15) is 0 Å². The third-order valence-electron chi connectivity index (χ3n) is 5.47. The monoisotopic (exact) mass is 293 g/mol. The van der Waals surface area contributed by atoms with Gasteiger partial charge in [-0.05, 0) is 37.6 Å². The molecule has 5 heteroatoms. The van der Waals surface area contributed by atoms with E-state index in [1.54, 1.807) is 4.90 Å². The maximum absolute atomic E-state index is 12.6. The first kappa shape index (κ1) is 14.8. The maximum Gasteiger partial charge on any atom is 0.242 e. The molecule has 5 nitrogen and oxygen atoms in total. The van der Waals surface area contributed by atoms with Crippen molar-refractivity contribution in [3.05, 3.63) is 0 Å². The summed E-state index contributed by atoms with van der Waals surface area (Å²) in [6, 6.07) is 0.462. The quantitative estimate of drug-likeness (QED) is 0.844. The van der Waals surface area contributed by atoms with Crippen LogP contribution in [0.15, 0.2) is 0 Å². The van der Waals surface area contributed by atoms with E-state index in [0.717, 1.165) is 25.7 Å². The number of piperazine rings is 1. The highest BCUT2D eigenvalue weighted by Crippen LogP contribution is 2.39. The van der Waals surface area contributed by atoms with Crippen LogP contribution in [-0.4, -0.2) is 53.8 Å². The molecule has 2 N–H and O–H groups in total. The van der Waals surface area contributed by atoms with Gasteiger partial charge in [0.25, 0.3) is 0 Å². The first-order valence-electron chi connectivity index (χ1n) is 8.41. The van der Waals surface area contributed by atoms with Gasteiger partial charge in [0.05, 0.1) is 6.54 Å². The van der Waals surface area contributed by atoms with E-state index in [0.29, 0.717) is 32.1 Å². The number of amides is 2. The fraction of sp³-hybridized carbons (Fsp3) is 0.875. The molecule has 2 saturated carbocycles. The number of hydrogen-bond acceptors (Lipinski definition) is 3. The van der Waals surface area contributed by atoms with Crippen molar-refractivity contribution < 1.29 is 9.59 Å². The van der Waals surface area contributed by atoms with Crippen LogP contribution in [0.1, 0.15) is 51.4 Å². The number of carbonyl (C=O) groups is 2. The molecule has 0 atom stereocenters. The molecule has 0 bridgehead atoms. The molecule has 118 valence electrons. The minimum atomic E-state index is -0.00793. The molecule has 3 fully saturated rings. The second-order valence-electron chi connectivity index (χ2n) is 7.08. The highest BCUT2D eigenvalue weighted by atomic mass is 16.2. The standard InChI is InChI=1S/C16H27N3O2/c17-12-16(6-2-1-3-7-16)10-14(20)18-8-9-19(13-4-5-13)15(21)11-18/h13H,1-12,17H2. The zero-order chi connectivity index (χ0) is 14.9. The Morgan fingerprint density at radius 2 is 1.90 bits per heavy atom.